The molecule has 2 N–H and O–H groups in total. The molecule has 0 amide bonds. The summed E-state index contributed by atoms with van der Waals surface area (Å²) in [6, 6.07) is 4.65. The van der Waals surface area contributed by atoms with Crippen LogP contribution in [0.3, 0.4) is 0 Å². The molecule has 0 saturated heterocycles. The van der Waals surface area contributed by atoms with Crippen LogP contribution < -0.4 is 10.5 Å². The van der Waals surface area contributed by atoms with Crippen LogP contribution in [0.4, 0.5) is 5.69 Å². The van der Waals surface area contributed by atoms with E-state index >= 15 is 0 Å². The summed E-state index contributed by atoms with van der Waals surface area (Å²) in [5.74, 6) is 0.477. The Kier molecular flexibility index (Phi) is 3.49. The van der Waals surface area contributed by atoms with Crippen molar-refractivity contribution in [1.82, 2.24) is 0 Å². The van der Waals surface area contributed by atoms with Crippen LogP contribution in [-0.4, -0.2) is 17.1 Å². The van der Waals surface area contributed by atoms with Crippen LogP contribution in [0.15, 0.2) is 18.2 Å². The lowest BCUT2D eigenvalue weighted by Gasteiger charge is -2.19. The van der Waals surface area contributed by atoms with Gasteiger partial charge in [-0.2, -0.15) is 0 Å². The van der Waals surface area contributed by atoms with Gasteiger partial charge in [0.05, 0.1) is 11.0 Å². The first kappa shape index (κ1) is 12.4. The van der Waals surface area contributed by atoms with Crippen molar-refractivity contribution in [3.8, 4) is 5.75 Å². The number of rotatable bonds is 4. The third-order valence-corrected chi connectivity index (χ3v) is 1.86. The molecular weight excluding hydrogens is 208 g/mol. The second kappa shape index (κ2) is 4.49. The molecule has 5 nitrogen and oxygen atoms in total. The number of nitro groups is 1. The number of benzene rings is 1. The van der Waals surface area contributed by atoms with Crippen LogP contribution in [0.5, 0.6) is 5.75 Å². The SMILES string of the molecule is Cc1cc(OCC(C)(C)N)cc([N+](=O)[O-])c1. The molecule has 0 fully saturated rings. The van der Waals surface area contributed by atoms with E-state index in [4.69, 9.17) is 10.5 Å². The molecule has 0 saturated carbocycles. The third-order valence-electron chi connectivity index (χ3n) is 1.86. The molecule has 0 atom stereocenters. The van der Waals surface area contributed by atoms with Crippen molar-refractivity contribution >= 4 is 5.69 Å². The minimum absolute atomic E-state index is 0.0322. The van der Waals surface area contributed by atoms with Crippen LogP contribution in [0.1, 0.15) is 19.4 Å². The van der Waals surface area contributed by atoms with Gasteiger partial charge < -0.3 is 10.5 Å². The first-order valence-electron chi connectivity index (χ1n) is 4.96. The van der Waals surface area contributed by atoms with Crippen molar-refractivity contribution in [1.29, 1.82) is 0 Å². The predicted molar refractivity (Wildman–Crippen MR) is 61.6 cm³/mol. The number of ether oxygens (including phenoxy) is 1. The molecule has 0 aliphatic heterocycles. The van der Waals surface area contributed by atoms with Gasteiger partial charge in [0.15, 0.2) is 0 Å². The molecule has 0 aliphatic carbocycles. The van der Waals surface area contributed by atoms with Gasteiger partial charge in [-0.25, -0.2) is 0 Å². The normalized spacial score (nSPS) is 11.2. The Morgan fingerprint density at radius 1 is 1.44 bits per heavy atom. The van der Waals surface area contributed by atoms with E-state index in [1.807, 2.05) is 13.8 Å². The minimum atomic E-state index is -0.460. The molecule has 88 valence electrons. The summed E-state index contributed by atoms with van der Waals surface area (Å²) in [5, 5.41) is 10.6. The van der Waals surface area contributed by atoms with E-state index in [0.717, 1.165) is 5.56 Å². The molecule has 0 aliphatic rings. The summed E-state index contributed by atoms with van der Waals surface area (Å²) >= 11 is 0. The molecule has 0 unspecified atom stereocenters. The van der Waals surface area contributed by atoms with Gasteiger partial charge in [0.2, 0.25) is 0 Å². The van der Waals surface area contributed by atoms with E-state index in [1.54, 1.807) is 13.0 Å². The van der Waals surface area contributed by atoms with Gasteiger partial charge in [-0.3, -0.25) is 10.1 Å². The number of hydrogen-bond acceptors (Lipinski definition) is 4. The van der Waals surface area contributed by atoms with Gasteiger partial charge in [0.25, 0.3) is 5.69 Å². The summed E-state index contributed by atoms with van der Waals surface area (Å²) in [7, 11) is 0. The highest BCUT2D eigenvalue weighted by Gasteiger charge is 2.13. The number of nitrogens with zero attached hydrogens (tertiary/aromatic N) is 1. The maximum atomic E-state index is 10.6. The molecule has 5 heteroatoms. The lowest BCUT2D eigenvalue weighted by Crippen LogP contribution is -2.38. The van der Waals surface area contributed by atoms with Crippen LogP contribution in [-0.2, 0) is 0 Å². The Bertz CT molecular complexity index is 397. The maximum absolute atomic E-state index is 10.6. The van der Waals surface area contributed by atoms with Crippen molar-refractivity contribution in [3.05, 3.63) is 33.9 Å². The average Bonchev–Trinajstić information content (AvgIpc) is 2.13. The second-order valence-electron chi connectivity index (χ2n) is 4.54. The van der Waals surface area contributed by atoms with Gasteiger partial charge in [-0.15, -0.1) is 0 Å². The first-order valence-corrected chi connectivity index (χ1v) is 4.96. The number of non-ortho nitro benzene ring substituents is 1. The van der Waals surface area contributed by atoms with E-state index in [1.165, 1.54) is 12.1 Å². The average molecular weight is 224 g/mol. The van der Waals surface area contributed by atoms with E-state index in [2.05, 4.69) is 0 Å². The molecule has 0 heterocycles. The molecule has 1 aromatic carbocycles. The van der Waals surface area contributed by atoms with Crippen LogP contribution in [0, 0.1) is 17.0 Å². The smallest absolute Gasteiger partial charge is 0.273 e. The van der Waals surface area contributed by atoms with Crippen LogP contribution >= 0.6 is 0 Å². The summed E-state index contributed by atoms with van der Waals surface area (Å²) in [4.78, 5) is 10.2. The Hall–Kier alpha value is -1.62. The molecule has 1 rings (SSSR count). The monoisotopic (exact) mass is 224 g/mol. The van der Waals surface area contributed by atoms with Crippen molar-refractivity contribution in [2.24, 2.45) is 5.73 Å². The Balaban J connectivity index is 2.85. The van der Waals surface area contributed by atoms with Crippen LogP contribution in [0.25, 0.3) is 0 Å². The Morgan fingerprint density at radius 2 is 2.06 bits per heavy atom. The number of hydrogen-bond donors (Lipinski definition) is 1. The standard InChI is InChI=1S/C11H16N2O3/c1-8-4-9(13(14)15)6-10(5-8)16-7-11(2,3)12/h4-6H,7,12H2,1-3H3. The van der Waals surface area contributed by atoms with E-state index in [-0.39, 0.29) is 5.69 Å². The van der Waals surface area contributed by atoms with Gasteiger partial charge in [-0.05, 0) is 32.4 Å². The number of nitrogens with two attached hydrogens (primary N) is 1. The number of aryl methyl sites for hydroxylation is 1. The van der Waals surface area contributed by atoms with Crippen molar-refractivity contribution in [2.45, 2.75) is 26.3 Å². The van der Waals surface area contributed by atoms with E-state index < -0.39 is 10.5 Å². The lowest BCUT2D eigenvalue weighted by molar-refractivity contribution is -0.385. The van der Waals surface area contributed by atoms with Crippen LogP contribution in [0.2, 0.25) is 0 Å². The van der Waals surface area contributed by atoms with Crippen molar-refractivity contribution in [3.63, 3.8) is 0 Å². The molecule has 0 bridgehead atoms. The molecule has 0 radical (unpaired) electrons. The highest BCUT2D eigenvalue weighted by molar-refractivity contribution is 5.42. The fourth-order valence-electron chi connectivity index (χ4n) is 1.19. The van der Waals surface area contributed by atoms with Gasteiger partial charge >= 0.3 is 0 Å². The molecule has 1 aromatic rings. The second-order valence-corrected chi connectivity index (χ2v) is 4.54. The summed E-state index contributed by atoms with van der Waals surface area (Å²) < 4.78 is 5.41. The zero-order valence-corrected chi connectivity index (χ0v) is 9.69. The fraction of sp³-hybridized carbons (Fsp3) is 0.455. The quantitative estimate of drug-likeness (QED) is 0.626. The third kappa shape index (κ3) is 3.86. The van der Waals surface area contributed by atoms with E-state index in [9.17, 15) is 10.1 Å². The summed E-state index contributed by atoms with van der Waals surface area (Å²) in [5.41, 5.74) is 6.12. The molecule has 0 spiro atoms. The largest absolute Gasteiger partial charge is 0.491 e. The molecule has 0 aromatic heterocycles. The summed E-state index contributed by atoms with van der Waals surface area (Å²) in [6.45, 7) is 5.76. The lowest BCUT2D eigenvalue weighted by atomic mass is 10.1. The topological polar surface area (TPSA) is 78.4 Å². The summed E-state index contributed by atoms with van der Waals surface area (Å²) in [6.07, 6.45) is 0. The first-order chi connectivity index (χ1) is 7.28. The van der Waals surface area contributed by atoms with Gasteiger partial charge in [-0.1, -0.05) is 0 Å². The van der Waals surface area contributed by atoms with Gasteiger partial charge in [0, 0.05) is 11.6 Å². The Morgan fingerprint density at radius 3 is 2.56 bits per heavy atom. The highest BCUT2D eigenvalue weighted by atomic mass is 16.6. The molecule has 16 heavy (non-hydrogen) atoms. The van der Waals surface area contributed by atoms with Gasteiger partial charge in [0.1, 0.15) is 12.4 Å². The predicted octanol–water partition coefficient (Wildman–Crippen LogP) is 2.02. The maximum Gasteiger partial charge on any atom is 0.273 e. The molecular formula is C11H16N2O3. The number of nitro benzene ring substituents is 1. The van der Waals surface area contributed by atoms with Crippen molar-refractivity contribution in [2.75, 3.05) is 6.61 Å². The zero-order chi connectivity index (χ0) is 12.3. The highest BCUT2D eigenvalue weighted by Crippen LogP contribution is 2.22. The fourth-order valence-corrected chi connectivity index (χ4v) is 1.19. The Labute approximate surface area is 94.4 Å². The minimum Gasteiger partial charge on any atom is -0.491 e. The zero-order valence-electron chi connectivity index (χ0n) is 9.69. The van der Waals surface area contributed by atoms with Crippen molar-refractivity contribution < 1.29 is 9.66 Å². The van der Waals surface area contributed by atoms with E-state index in [0.29, 0.717) is 12.4 Å².